The van der Waals surface area contributed by atoms with Crippen LogP contribution in [0, 0.1) is 10.1 Å². The summed E-state index contributed by atoms with van der Waals surface area (Å²) in [4.78, 5) is 10.7. The summed E-state index contributed by atoms with van der Waals surface area (Å²) in [5.74, 6) is 0. The van der Waals surface area contributed by atoms with Crippen molar-refractivity contribution in [3.63, 3.8) is 0 Å². The van der Waals surface area contributed by atoms with E-state index in [9.17, 15) is 23.3 Å². The summed E-state index contributed by atoms with van der Waals surface area (Å²) >= 11 is 6.03. The first-order valence-electron chi connectivity index (χ1n) is 9.17. The second-order valence-corrected chi connectivity index (χ2v) is 6.86. The van der Waals surface area contributed by atoms with Gasteiger partial charge in [-0.1, -0.05) is 43.9 Å². The van der Waals surface area contributed by atoms with Crippen LogP contribution >= 0.6 is 11.6 Å². The Morgan fingerprint density at radius 2 is 1.93 bits per heavy atom. The molecule has 29 heavy (non-hydrogen) atoms. The minimum atomic E-state index is -4.50. The van der Waals surface area contributed by atoms with Gasteiger partial charge >= 0.3 is 6.18 Å². The van der Waals surface area contributed by atoms with Crippen molar-refractivity contribution in [3.05, 3.63) is 57.1 Å². The quantitative estimate of drug-likeness (QED) is 0.197. The molecule has 0 aliphatic heterocycles. The minimum Gasteiger partial charge on any atom is -0.272 e. The van der Waals surface area contributed by atoms with Crippen LogP contribution in [0.3, 0.4) is 0 Å². The van der Waals surface area contributed by atoms with E-state index >= 15 is 0 Å². The van der Waals surface area contributed by atoms with Gasteiger partial charge < -0.3 is 0 Å². The van der Waals surface area contributed by atoms with Crippen molar-refractivity contribution in [1.29, 1.82) is 0 Å². The third-order valence-corrected chi connectivity index (χ3v) is 4.58. The van der Waals surface area contributed by atoms with Crippen molar-refractivity contribution in [2.75, 3.05) is 5.43 Å². The van der Waals surface area contributed by atoms with Gasteiger partial charge in [0.25, 0.3) is 5.69 Å². The maximum atomic E-state index is 12.8. The summed E-state index contributed by atoms with van der Waals surface area (Å²) < 4.78 is 38.5. The minimum absolute atomic E-state index is 0.0981. The molecule has 0 amide bonds. The van der Waals surface area contributed by atoms with Crippen LogP contribution in [0.4, 0.5) is 24.5 Å². The number of nitro benzene ring substituents is 1. The molecule has 0 heterocycles. The third kappa shape index (κ3) is 6.45. The topological polar surface area (TPSA) is 67.5 Å². The highest BCUT2D eigenvalue weighted by Gasteiger charge is 2.31. The molecular weight excluding hydrogens is 407 g/mol. The Bertz CT molecular complexity index is 886. The number of nitrogens with zero attached hydrogens (tertiary/aromatic N) is 2. The number of nitrogens with one attached hydrogen (secondary N) is 1. The van der Waals surface area contributed by atoms with Gasteiger partial charge in [0.2, 0.25) is 0 Å². The molecule has 0 aliphatic carbocycles. The van der Waals surface area contributed by atoms with E-state index in [-0.39, 0.29) is 16.4 Å². The fourth-order valence-electron chi connectivity index (χ4n) is 2.72. The lowest BCUT2D eigenvalue weighted by atomic mass is 10.0. The summed E-state index contributed by atoms with van der Waals surface area (Å²) in [7, 11) is 0. The van der Waals surface area contributed by atoms with E-state index in [0.717, 1.165) is 44.2 Å². The predicted octanol–water partition coefficient (Wildman–Crippen LogP) is 7.30. The third-order valence-electron chi connectivity index (χ3n) is 4.26. The molecule has 0 spiro atoms. The van der Waals surface area contributed by atoms with Gasteiger partial charge in [0.05, 0.1) is 10.5 Å². The lowest BCUT2D eigenvalue weighted by Gasteiger charge is -2.11. The van der Waals surface area contributed by atoms with E-state index in [1.54, 1.807) is 6.21 Å². The molecule has 0 bridgehead atoms. The Hall–Kier alpha value is -2.61. The summed E-state index contributed by atoms with van der Waals surface area (Å²) in [6.07, 6.45) is 2.22. The van der Waals surface area contributed by atoms with E-state index in [2.05, 4.69) is 17.5 Å². The van der Waals surface area contributed by atoms with Crippen LogP contribution in [0.15, 0.2) is 41.5 Å². The highest BCUT2D eigenvalue weighted by Crippen LogP contribution is 2.37. The zero-order chi connectivity index (χ0) is 21.4. The maximum absolute atomic E-state index is 12.8. The molecule has 0 radical (unpaired) electrons. The van der Waals surface area contributed by atoms with Crippen LogP contribution in [-0.2, 0) is 6.18 Å². The number of alkyl halides is 3. The van der Waals surface area contributed by atoms with Crippen LogP contribution in [0.1, 0.15) is 44.6 Å². The summed E-state index contributed by atoms with van der Waals surface area (Å²) in [6, 6.07) is 7.15. The summed E-state index contributed by atoms with van der Waals surface area (Å²) in [6.45, 7) is 2.12. The molecule has 9 heteroatoms. The van der Waals surface area contributed by atoms with E-state index in [0.29, 0.717) is 11.1 Å². The second kappa shape index (κ2) is 10.2. The average Bonchev–Trinajstić information content (AvgIpc) is 2.66. The maximum Gasteiger partial charge on any atom is 0.416 e. The van der Waals surface area contributed by atoms with Crippen LogP contribution in [-0.4, -0.2) is 11.1 Å². The first-order chi connectivity index (χ1) is 13.7. The number of hydrogen-bond donors (Lipinski definition) is 1. The van der Waals surface area contributed by atoms with Crippen molar-refractivity contribution in [3.8, 4) is 11.1 Å². The monoisotopic (exact) mass is 427 g/mol. The van der Waals surface area contributed by atoms with Crippen molar-refractivity contribution in [1.82, 2.24) is 0 Å². The first-order valence-corrected chi connectivity index (χ1v) is 9.55. The first kappa shape index (κ1) is 22.7. The van der Waals surface area contributed by atoms with Crippen molar-refractivity contribution in [2.45, 2.75) is 45.2 Å². The molecule has 0 saturated heterocycles. The van der Waals surface area contributed by atoms with Crippen LogP contribution in [0.5, 0.6) is 0 Å². The van der Waals surface area contributed by atoms with Gasteiger partial charge in [-0.15, -0.1) is 0 Å². The van der Waals surface area contributed by atoms with Crippen LogP contribution in [0.2, 0.25) is 5.02 Å². The fourth-order valence-corrected chi connectivity index (χ4v) is 3.01. The second-order valence-electron chi connectivity index (χ2n) is 6.45. The van der Waals surface area contributed by atoms with Gasteiger partial charge in [-0.05, 0) is 42.7 Å². The number of halogens is 4. The normalized spacial score (nSPS) is 11.8. The fraction of sp³-hybridized carbons (Fsp3) is 0.350. The largest absolute Gasteiger partial charge is 0.416 e. The molecule has 156 valence electrons. The van der Waals surface area contributed by atoms with Gasteiger partial charge in [0, 0.05) is 22.9 Å². The number of unbranched alkanes of at least 4 members (excludes halogenated alkanes) is 4. The average molecular weight is 428 g/mol. The Kier molecular flexibility index (Phi) is 8.01. The van der Waals surface area contributed by atoms with Gasteiger partial charge in [-0.2, -0.15) is 18.3 Å². The number of hydrogen-bond acceptors (Lipinski definition) is 4. The van der Waals surface area contributed by atoms with E-state index in [1.807, 2.05) is 0 Å². The highest BCUT2D eigenvalue weighted by atomic mass is 35.5. The van der Waals surface area contributed by atoms with Crippen molar-refractivity contribution < 1.29 is 18.1 Å². The molecule has 0 saturated carbocycles. The molecule has 0 atom stereocenters. The standard InChI is InChI=1S/C20H21ClF3N3O2/c1-2-3-4-5-6-11-25-26-18-12-14(7-10-19(18)27(28)29)16-9-8-15(13-17(16)21)20(22,23)24/h7-13,26H,2-6H2,1H3/b25-11-. The van der Waals surface area contributed by atoms with Gasteiger partial charge in [0.15, 0.2) is 0 Å². The van der Waals surface area contributed by atoms with Crippen LogP contribution < -0.4 is 5.43 Å². The zero-order valence-electron chi connectivity index (χ0n) is 15.8. The molecule has 0 unspecified atom stereocenters. The predicted molar refractivity (Wildman–Crippen MR) is 109 cm³/mol. The molecule has 0 fully saturated rings. The van der Waals surface area contributed by atoms with E-state index in [4.69, 9.17) is 11.6 Å². The van der Waals surface area contributed by atoms with Crippen molar-refractivity contribution in [2.24, 2.45) is 5.10 Å². The highest BCUT2D eigenvalue weighted by molar-refractivity contribution is 6.33. The molecule has 2 rings (SSSR count). The Balaban J connectivity index is 2.24. The Morgan fingerprint density at radius 3 is 2.55 bits per heavy atom. The molecule has 2 aromatic rings. The zero-order valence-corrected chi connectivity index (χ0v) is 16.6. The number of nitro groups is 1. The number of benzene rings is 2. The lowest BCUT2D eigenvalue weighted by molar-refractivity contribution is -0.383. The van der Waals surface area contributed by atoms with Crippen LogP contribution in [0.25, 0.3) is 11.1 Å². The molecule has 5 nitrogen and oxygen atoms in total. The van der Waals surface area contributed by atoms with E-state index in [1.165, 1.54) is 24.3 Å². The van der Waals surface area contributed by atoms with Gasteiger partial charge in [-0.3, -0.25) is 15.5 Å². The van der Waals surface area contributed by atoms with Gasteiger partial charge in [-0.25, -0.2) is 0 Å². The Labute approximate surface area is 171 Å². The molecule has 1 N–H and O–H groups in total. The summed E-state index contributed by atoms with van der Waals surface area (Å²) in [5.41, 5.74) is 2.51. The van der Waals surface area contributed by atoms with Gasteiger partial charge in [0.1, 0.15) is 5.69 Å². The molecular formula is C20H21ClF3N3O2. The lowest BCUT2D eigenvalue weighted by Crippen LogP contribution is -2.04. The van der Waals surface area contributed by atoms with Crippen molar-refractivity contribution >= 4 is 29.2 Å². The Morgan fingerprint density at radius 1 is 1.17 bits per heavy atom. The molecule has 2 aromatic carbocycles. The molecule has 0 aromatic heterocycles. The number of hydrazone groups is 1. The smallest absolute Gasteiger partial charge is 0.272 e. The summed E-state index contributed by atoms with van der Waals surface area (Å²) in [5, 5.41) is 15.2. The van der Waals surface area contributed by atoms with E-state index < -0.39 is 16.7 Å². The SMILES string of the molecule is CCCCCC/C=N\Nc1cc(-c2ccc(C(F)(F)F)cc2Cl)ccc1[N+](=O)[O-]. The molecule has 0 aliphatic rings. The number of anilines is 1. The number of rotatable bonds is 9.